The van der Waals surface area contributed by atoms with Gasteiger partial charge in [0.15, 0.2) is 11.5 Å². The van der Waals surface area contributed by atoms with E-state index < -0.39 is 35.5 Å². The van der Waals surface area contributed by atoms with Gasteiger partial charge in [-0.1, -0.05) is 43.6 Å². The van der Waals surface area contributed by atoms with Crippen molar-refractivity contribution >= 4 is 35.1 Å². The maximum absolute atomic E-state index is 14.6. The van der Waals surface area contributed by atoms with Gasteiger partial charge in [-0.2, -0.15) is 5.10 Å². The second kappa shape index (κ2) is 14.0. The van der Waals surface area contributed by atoms with Crippen LogP contribution in [-0.2, 0) is 25.5 Å². The van der Waals surface area contributed by atoms with Crippen LogP contribution in [0.3, 0.4) is 0 Å². The monoisotopic (exact) mass is 677 g/mol. The number of hydrogen-bond donors (Lipinski definition) is 2. The Morgan fingerprint density at radius 1 is 1.02 bits per heavy atom. The maximum atomic E-state index is 14.6. The number of halogens is 1. The molecule has 0 fully saturated rings. The van der Waals surface area contributed by atoms with Gasteiger partial charge in [-0.3, -0.25) is 9.59 Å². The van der Waals surface area contributed by atoms with Crippen molar-refractivity contribution in [2.24, 2.45) is 5.41 Å². The number of rotatable bonds is 11. The van der Waals surface area contributed by atoms with Gasteiger partial charge in [0.05, 0.1) is 37.8 Å². The molecule has 2 N–H and O–H groups in total. The molecule has 48 heavy (non-hydrogen) atoms. The summed E-state index contributed by atoms with van der Waals surface area (Å²) in [6, 6.07) is 17.9. The lowest BCUT2D eigenvalue weighted by molar-refractivity contribution is -0.143. The van der Waals surface area contributed by atoms with Crippen molar-refractivity contribution in [3.63, 3.8) is 0 Å². The van der Waals surface area contributed by atoms with Crippen LogP contribution in [0.4, 0.5) is 5.69 Å². The van der Waals surface area contributed by atoms with Gasteiger partial charge in [0.25, 0.3) is 5.91 Å². The van der Waals surface area contributed by atoms with E-state index >= 15 is 0 Å². The van der Waals surface area contributed by atoms with E-state index in [4.69, 9.17) is 30.5 Å². The first-order valence-electron chi connectivity index (χ1n) is 15.0. The zero-order valence-electron chi connectivity index (χ0n) is 27.1. The summed E-state index contributed by atoms with van der Waals surface area (Å²) in [5.41, 5.74) is 1.68. The van der Waals surface area contributed by atoms with Crippen molar-refractivity contribution in [2.75, 3.05) is 32.3 Å². The average Bonchev–Trinajstić information content (AvgIpc) is 3.39. The van der Waals surface area contributed by atoms with Gasteiger partial charge in [0, 0.05) is 53.2 Å². The Morgan fingerprint density at radius 3 is 2.46 bits per heavy atom. The number of fused-ring (bicyclic) bond motifs is 1. The Balaban J connectivity index is 1.62. The van der Waals surface area contributed by atoms with Gasteiger partial charge in [0.2, 0.25) is 5.88 Å². The van der Waals surface area contributed by atoms with E-state index in [0.717, 1.165) is 0 Å². The molecule has 1 aliphatic rings. The maximum Gasteiger partial charge on any atom is 0.335 e. The number of carboxylic acids is 1. The van der Waals surface area contributed by atoms with Crippen LogP contribution >= 0.6 is 11.6 Å². The summed E-state index contributed by atoms with van der Waals surface area (Å²) in [7, 11) is 3.03. The molecule has 1 aromatic heterocycles. The van der Waals surface area contributed by atoms with Crippen molar-refractivity contribution in [1.29, 1.82) is 0 Å². The number of carboxylic acid groups (broad SMARTS) is 1. The lowest BCUT2D eigenvalue weighted by atomic mass is 9.92. The van der Waals surface area contributed by atoms with Crippen LogP contribution in [0.1, 0.15) is 54.1 Å². The molecule has 2 heterocycles. The Hall–Kier alpha value is -5.07. The molecule has 252 valence electrons. The molecule has 0 saturated carbocycles. The number of aromatic hydroxyl groups is 1. The number of amides is 1. The van der Waals surface area contributed by atoms with Crippen LogP contribution in [0.25, 0.3) is 5.69 Å². The first-order valence-corrected chi connectivity index (χ1v) is 15.4. The molecule has 1 amide bonds. The van der Waals surface area contributed by atoms with Crippen LogP contribution in [0.15, 0.2) is 66.7 Å². The van der Waals surface area contributed by atoms with E-state index in [9.17, 15) is 24.6 Å². The highest BCUT2D eigenvalue weighted by Gasteiger charge is 2.40. The topological polar surface area (TPSA) is 150 Å². The number of nitrogens with zero attached hydrogens (tertiary/aromatic N) is 3. The van der Waals surface area contributed by atoms with Crippen LogP contribution in [0.5, 0.6) is 17.4 Å². The number of aromatic carboxylic acids is 1. The van der Waals surface area contributed by atoms with Gasteiger partial charge < -0.3 is 34.1 Å². The lowest BCUT2D eigenvalue weighted by Gasteiger charge is -2.33. The van der Waals surface area contributed by atoms with Crippen LogP contribution in [-0.4, -0.2) is 71.3 Å². The molecular formula is C35H36ClN3O9. The molecule has 3 aromatic carbocycles. The molecule has 0 bridgehead atoms. The standard InChI is InChI=1S/C35H36ClN3O9/c1-20(40)47-19-35(2,3)18-38-27-13-12-22(36)15-26(27)31(25-10-7-11-28(45-4)32(25)46-5)48-29(33(38)42)16-23-17-30(41)39(37-23)24-9-6-8-21(14-24)34(43)44/h6-15,17,29,31,41H,16,18-19H2,1-5H3,(H,43,44)/t29-,31-/m1/s1. The Kier molecular flexibility index (Phi) is 9.97. The van der Waals surface area contributed by atoms with Crippen molar-refractivity contribution in [3.05, 3.63) is 94.1 Å². The number of esters is 1. The summed E-state index contributed by atoms with van der Waals surface area (Å²) in [4.78, 5) is 39.4. The highest BCUT2D eigenvalue weighted by atomic mass is 35.5. The van der Waals surface area contributed by atoms with E-state index in [1.807, 2.05) is 19.9 Å². The summed E-state index contributed by atoms with van der Waals surface area (Å²) in [6.45, 7) is 5.30. The number of para-hydroxylation sites is 1. The fraction of sp³-hybridized carbons (Fsp3) is 0.314. The first kappa shape index (κ1) is 34.3. The van der Waals surface area contributed by atoms with Crippen LogP contribution in [0.2, 0.25) is 5.02 Å². The number of benzene rings is 3. The van der Waals surface area contributed by atoms with Crippen molar-refractivity contribution < 1.29 is 43.5 Å². The number of ether oxygens (including phenoxy) is 4. The van der Waals surface area contributed by atoms with E-state index in [-0.39, 0.29) is 31.0 Å². The van der Waals surface area contributed by atoms with E-state index in [1.165, 1.54) is 44.0 Å². The summed E-state index contributed by atoms with van der Waals surface area (Å²) in [5.74, 6) is -1.36. The van der Waals surface area contributed by atoms with Crippen molar-refractivity contribution in [1.82, 2.24) is 9.78 Å². The molecule has 13 heteroatoms. The molecule has 0 aliphatic carbocycles. The largest absolute Gasteiger partial charge is 0.493 e. The number of aromatic nitrogens is 2. The van der Waals surface area contributed by atoms with E-state index in [2.05, 4.69) is 5.10 Å². The second-order valence-electron chi connectivity index (χ2n) is 12.1. The normalized spacial score (nSPS) is 16.2. The Morgan fingerprint density at radius 2 is 1.77 bits per heavy atom. The van der Waals surface area contributed by atoms with Crippen molar-refractivity contribution in [2.45, 2.75) is 39.4 Å². The average molecular weight is 678 g/mol. The molecule has 0 saturated heterocycles. The van der Waals surface area contributed by atoms with Gasteiger partial charge in [-0.15, -0.1) is 0 Å². The predicted octanol–water partition coefficient (Wildman–Crippen LogP) is 5.60. The smallest absolute Gasteiger partial charge is 0.335 e. The molecule has 0 spiro atoms. The van der Waals surface area contributed by atoms with Gasteiger partial charge >= 0.3 is 11.9 Å². The Bertz CT molecular complexity index is 1850. The predicted molar refractivity (Wildman–Crippen MR) is 176 cm³/mol. The summed E-state index contributed by atoms with van der Waals surface area (Å²) >= 11 is 6.54. The zero-order valence-corrected chi connectivity index (χ0v) is 27.9. The molecule has 4 aromatic rings. The van der Waals surface area contributed by atoms with E-state index in [0.29, 0.717) is 44.7 Å². The van der Waals surface area contributed by atoms with Crippen LogP contribution < -0.4 is 14.4 Å². The molecule has 5 rings (SSSR count). The third-order valence-electron chi connectivity index (χ3n) is 7.85. The Labute approximate surface area is 282 Å². The lowest BCUT2D eigenvalue weighted by Crippen LogP contribution is -2.46. The third-order valence-corrected chi connectivity index (χ3v) is 8.08. The third kappa shape index (κ3) is 7.24. The highest BCUT2D eigenvalue weighted by molar-refractivity contribution is 6.30. The quantitative estimate of drug-likeness (QED) is 0.192. The van der Waals surface area contributed by atoms with Gasteiger partial charge in [-0.05, 0) is 42.5 Å². The molecule has 12 nitrogen and oxygen atoms in total. The minimum absolute atomic E-state index is 0.0183. The SMILES string of the molecule is COc1cccc([C@H]2O[C@H](Cc3cc(O)n(-c4cccc(C(=O)O)c4)n3)C(=O)N(CC(C)(C)COC(C)=O)c3ccc(Cl)cc32)c1OC. The first-order chi connectivity index (χ1) is 22.8. The minimum atomic E-state index is -1.14. The highest BCUT2D eigenvalue weighted by Crippen LogP contribution is 2.45. The second-order valence-corrected chi connectivity index (χ2v) is 12.6. The fourth-order valence-electron chi connectivity index (χ4n) is 5.67. The fourth-order valence-corrected chi connectivity index (χ4v) is 5.85. The van der Waals surface area contributed by atoms with E-state index in [1.54, 1.807) is 47.4 Å². The summed E-state index contributed by atoms with van der Waals surface area (Å²) < 4.78 is 24.6. The molecule has 2 atom stereocenters. The molecule has 0 radical (unpaired) electrons. The molecular weight excluding hydrogens is 642 g/mol. The van der Waals surface area contributed by atoms with Gasteiger partial charge in [0.1, 0.15) is 12.2 Å². The number of carbonyl (C=O) groups is 3. The van der Waals surface area contributed by atoms with Crippen LogP contribution in [0, 0.1) is 5.41 Å². The van der Waals surface area contributed by atoms with Crippen molar-refractivity contribution in [3.8, 4) is 23.1 Å². The number of hydrogen-bond acceptors (Lipinski definition) is 9. The van der Waals surface area contributed by atoms with Gasteiger partial charge in [-0.25, -0.2) is 9.48 Å². The number of anilines is 1. The molecule has 0 unspecified atom stereocenters. The number of methoxy groups -OCH3 is 2. The summed E-state index contributed by atoms with van der Waals surface area (Å²) in [6.07, 6.45) is -2.08. The summed E-state index contributed by atoms with van der Waals surface area (Å²) in [5, 5.41) is 25.2. The molecule has 1 aliphatic heterocycles. The zero-order chi connectivity index (χ0) is 34.7. The number of carbonyl (C=O) groups excluding carboxylic acids is 2. The minimum Gasteiger partial charge on any atom is -0.493 e.